The molecule has 26 heavy (non-hydrogen) atoms. The molecule has 5 nitrogen and oxygen atoms in total. The summed E-state index contributed by atoms with van der Waals surface area (Å²) in [4.78, 5) is 12.2. The van der Waals surface area contributed by atoms with Crippen LogP contribution in [0.4, 0.5) is 10.1 Å². The Morgan fingerprint density at radius 2 is 1.77 bits per heavy atom. The number of aryl methyl sites for hydroxylation is 2. The molecule has 0 saturated carbocycles. The Balaban J connectivity index is 2.01. The summed E-state index contributed by atoms with van der Waals surface area (Å²) >= 11 is 0. The molecule has 0 heterocycles. The fourth-order valence-electron chi connectivity index (χ4n) is 2.65. The fraction of sp³-hybridized carbons (Fsp3) is 0.316. The van der Waals surface area contributed by atoms with Crippen molar-refractivity contribution in [3.8, 4) is 0 Å². The molecule has 0 aliphatic carbocycles. The number of rotatable bonds is 7. The Labute approximate surface area is 153 Å². The average molecular weight is 378 g/mol. The van der Waals surface area contributed by atoms with E-state index >= 15 is 0 Å². The predicted octanol–water partition coefficient (Wildman–Crippen LogP) is 2.57. The number of benzene rings is 2. The molecule has 2 aromatic carbocycles. The molecule has 7 heteroatoms. The molecule has 140 valence electrons. The maximum absolute atomic E-state index is 12.9. The minimum atomic E-state index is -3.60. The lowest BCUT2D eigenvalue weighted by atomic mass is 10.1. The number of halogens is 1. The predicted molar refractivity (Wildman–Crippen MR) is 101 cm³/mol. The summed E-state index contributed by atoms with van der Waals surface area (Å²) in [5, 5.41) is 2.71. The number of carbonyl (C=O) groups excluding carboxylic acids is 1. The number of hydrogen-bond donors (Lipinski definition) is 1. The van der Waals surface area contributed by atoms with Gasteiger partial charge in [-0.1, -0.05) is 29.8 Å². The Kier molecular flexibility index (Phi) is 6.37. The van der Waals surface area contributed by atoms with Crippen molar-refractivity contribution in [3.63, 3.8) is 0 Å². The van der Waals surface area contributed by atoms with Crippen molar-refractivity contribution in [2.24, 2.45) is 0 Å². The van der Waals surface area contributed by atoms with Crippen LogP contribution in [0.3, 0.4) is 0 Å². The van der Waals surface area contributed by atoms with Crippen LogP contribution in [0.5, 0.6) is 0 Å². The van der Waals surface area contributed by atoms with Crippen molar-refractivity contribution in [1.29, 1.82) is 0 Å². The van der Waals surface area contributed by atoms with Gasteiger partial charge in [0.25, 0.3) is 0 Å². The van der Waals surface area contributed by atoms with E-state index in [1.165, 1.54) is 12.1 Å². The van der Waals surface area contributed by atoms with Gasteiger partial charge in [0.2, 0.25) is 15.9 Å². The SMILES string of the molecule is Cc1ccc(N(CC(=O)NCCc2ccc(F)cc2)S(C)(=O)=O)c(C)c1. The molecule has 0 aliphatic rings. The quantitative estimate of drug-likeness (QED) is 0.805. The van der Waals surface area contributed by atoms with Crippen molar-refractivity contribution in [2.75, 3.05) is 23.7 Å². The van der Waals surface area contributed by atoms with E-state index in [-0.39, 0.29) is 12.4 Å². The van der Waals surface area contributed by atoms with E-state index in [9.17, 15) is 17.6 Å². The van der Waals surface area contributed by atoms with Crippen LogP contribution in [-0.2, 0) is 21.2 Å². The van der Waals surface area contributed by atoms with Gasteiger partial charge < -0.3 is 5.32 Å². The van der Waals surface area contributed by atoms with E-state index in [1.807, 2.05) is 26.0 Å². The topological polar surface area (TPSA) is 66.5 Å². The molecular formula is C19H23FN2O3S. The normalized spacial score (nSPS) is 11.2. The van der Waals surface area contributed by atoms with Crippen LogP contribution in [0.1, 0.15) is 16.7 Å². The molecule has 0 aliphatic heterocycles. The molecule has 0 unspecified atom stereocenters. The van der Waals surface area contributed by atoms with Gasteiger partial charge in [0, 0.05) is 6.54 Å². The highest BCUT2D eigenvalue weighted by atomic mass is 32.2. The van der Waals surface area contributed by atoms with Crippen LogP contribution in [0.15, 0.2) is 42.5 Å². The van der Waals surface area contributed by atoms with Gasteiger partial charge in [-0.2, -0.15) is 0 Å². The van der Waals surface area contributed by atoms with Crippen molar-refractivity contribution < 1.29 is 17.6 Å². The molecule has 0 fully saturated rings. The molecule has 0 atom stereocenters. The Bertz CT molecular complexity index is 880. The van der Waals surface area contributed by atoms with Crippen LogP contribution < -0.4 is 9.62 Å². The molecule has 0 aromatic heterocycles. The molecule has 0 spiro atoms. The van der Waals surface area contributed by atoms with Gasteiger partial charge in [0.1, 0.15) is 12.4 Å². The first-order valence-electron chi connectivity index (χ1n) is 8.23. The highest BCUT2D eigenvalue weighted by molar-refractivity contribution is 7.92. The Hall–Kier alpha value is -2.41. The second kappa shape index (κ2) is 8.31. The second-order valence-corrected chi connectivity index (χ2v) is 8.19. The summed E-state index contributed by atoms with van der Waals surface area (Å²) in [5.74, 6) is -0.701. The van der Waals surface area contributed by atoms with Gasteiger partial charge >= 0.3 is 0 Å². The molecular weight excluding hydrogens is 355 g/mol. The van der Waals surface area contributed by atoms with Crippen molar-refractivity contribution >= 4 is 21.6 Å². The number of nitrogens with zero attached hydrogens (tertiary/aromatic N) is 1. The van der Waals surface area contributed by atoms with Gasteiger partial charge in [0.05, 0.1) is 11.9 Å². The van der Waals surface area contributed by atoms with Crippen molar-refractivity contribution in [1.82, 2.24) is 5.32 Å². The lowest BCUT2D eigenvalue weighted by Crippen LogP contribution is -2.41. The molecule has 0 radical (unpaired) electrons. The third-order valence-corrected chi connectivity index (χ3v) is 5.08. The first-order chi connectivity index (χ1) is 12.2. The van der Waals surface area contributed by atoms with Crippen LogP contribution in [-0.4, -0.2) is 33.7 Å². The zero-order chi connectivity index (χ0) is 19.3. The summed E-state index contributed by atoms with van der Waals surface area (Å²) in [6.07, 6.45) is 1.62. The average Bonchev–Trinajstić information content (AvgIpc) is 2.54. The lowest BCUT2D eigenvalue weighted by Gasteiger charge is -2.24. The minimum Gasteiger partial charge on any atom is -0.354 e. The second-order valence-electron chi connectivity index (χ2n) is 6.29. The smallest absolute Gasteiger partial charge is 0.240 e. The maximum Gasteiger partial charge on any atom is 0.240 e. The van der Waals surface area contributed by atoms with Gasteiger partial charge in [-0.25, -0.2) is 12.8 Å². The highest BCUT2D eigenvalue weighted by Crippen LogP contribution is 2.23. The molecule has 1 amide bonds. The zero-order valence-corrected chi connectivity index (χ0v) is 15.9. The number of carbonyl (C=O) groups is 1. The molecule has 2 aromatic rings. The summed E-state index contributed by atoms with van der Waals surface area (Å²) in [5.41, 5.74) is 3.19. The summed E-state index contributed by atoms with van der Waals surface area (Å²) < 4.78 is 38.3. The largest absolute Gasteiger partial charge is 0.354 e. The van der Waals surface area contributed by atoms with Gasteiger partial charge in [-0.05, 0) is 49.6 Å². The zero-order valence-electron chi connectivity index (χ0n) is 15.1. The van der Waals surface area contributed by atoms with Crippen molar-refractivity contribution in [2.45, 2.75) is 20.3 Å². The van der Waals surface area contributed by atoms with E-state index in [0.717, 1.165) is 27.3 Å². The van der Waals surface area contributed by atoms with Crippen LogP contribution in [0.2, 0.25) is 0 Å². The first kappa shape index (κ1) is 19.9. The van der Waals surface area contributed by atoms with Gasteiger partial charge in [-0.15, -0.1) is 0 Å². The number of sulfonamides is 1. The van der Waals surface area contributed by atoms with Gasteiger partial charge in [-0.3, -0.25) is 9.10 Å². The molecule has 0 bridgehead atoms. The number of anilines is 1. The number of amides is 1. The third kappa shape index (κ3) is 5.56. The molecule has 1 N–H and O–H groups in total. The number of hydrogen-bond acceptors (Lipinski definition) is 3. The van der Waals surface area contributed by atoms with Crippen LogP contribution in [0.25, 0.3) is 0 Å². The van der Waals surface area contributed by atoms with Crippen LogP contribution in [0, 0.1) is 19.7 Å². The van der Waals surface area contributed by atoms with E-state index in [1.54, 1.807) is 18.2 Å². The standard InChI is InChI=1S/C19H23FN2O3S/c1-14-4-9-18(15(2)12-14)22(26(3,24)25)13-19(23)21-11-10-16-5-7-17(20)8-6-16/h4-9,12H,10-11,13H2,1-3H3,(H,21,23). The van der Waals surface area contributed by atoms with Crippen LogP contribution >= 0.6 is 0 Å². The van der Waals surface area contributed by atoms with E-state index in [2.05, 4.69) is 5.32 Å². The van der Waals surface area contributed by atoms with E-state index < -0.39 is 15.9 Å². The summed E-state index contributed by atoms with van der Waals surface area (Å²) in [6, 6.07) is 11.4. The number of nitrogens with one attached hydrogen (secondary N) is 1. The van der Waals surface area contributed by atoms with Crippen molar-refractivity contribution in [3.05, 3.63) is 65.0 Å². The Morgan fingerprint density at radius 1 is 1.12 bits per heavy atom. The third-order valence-electron chi connectivity index (χ3n) is 3.96. The lowest BCUT2D eigenvalue weighted by molar-refractivity contribution is -0.119. The highest BCUT2D eigenvalue weighted by Gasteiger charge is 2.22. The fourth-order valence-corrected chi connectivity index (χ4v) is 3.56. The minimum absolute atomic E-state index is 0.286. The maximum atomic E-state index is 12.9. The molecule has 0 saturated heterocycles. The molecule has 2 rings (SSSR count). The monoisotopic (exact) mass is 378 g/mol. The summed E-state index contributed by atoms with van der Waals surface area (Å²) in [6.45, 7) is 3.79. The summed E-state index contributed by atoms with van der Waals surface area (Å²) in [7, 11) is -3.60. The van der Waals surface area contributed by atoms with Gasteiger partial charge in [0.15, 0.2) is 0 Å². The van der Waals surface area contributed by atoms with E-state index in [0.29, 0.717) is 18.7 Å². The first-order valence-corrected chi connectivity index (χ1v) is 10.1. The Morgan fingerprint density at radius 3 is 2.35 bits per heavy atom. The van der Waals surface area contributed by atoms with E-state index in [4.69, 9.17) is 0 Å².